The molecule has 0 atom stereocenters. The summed E-state index contributed by atoms with van der Waals surface area (Å²) in [7, 11) is 1.38. The number of esters is 1. The number of anilines is 2. The van der Waals surface area contributed by atoms with Gasteiger partial charge in [-0.2, -0.15) is 0 Å². The van der Waals surface area contributed by atoms with Gasteiger partial charge in [0.15, 0.2) is 0 Å². The van der Waals surface area contributed by atoms with Crippen LogP contribution in [0.15, 0.2) is 46.9 Å². The third-order valence-corrected chi connectivity index (χ3v) is 3.91. The summed E-state index contributed by atoms with van der Waals surface area (Å²) < 4.78 is 11.5. The molecule has 1 aliphatic rings. The molecule has 0 aliphatic carbocycles. The Morgan fingerprint density at radius 1 is 1.24 bits per heavy atom. The summed E-state index contributed by atoms with van der Waals surface area (Å²) in [5.74, 6) is 0.427. The summed E-state index contributed by atoms with van der Waals surface area (Å²) in [5, 5.41) is 0. The SMILES string of the molecule is COC(=O)c1ccc2c(c1)N(c1ccc(Br)cc1)CCO2. The van der Waals surface area contributed by atoms with Gasteiger partial charge in [0.2, 0.25) is 0 Å². The number of hydrogen-bond donors (Lipinski definition) is 0. The number of hydrogen-bond acceptors (Lipinski definition) is 4. The highest BCUT2D eigenvalue weighted by molar-refractivity contribution is 9.10. The van der Waals surface area contributed by atoms with E-state index in [4.69, 9.17) is 9.47 Å². The number of carbonyl (C=O) groups excluding carboxylic acids is 1. The molecule has 0 unspecified atom stereocenters. The molecule has 0 fully saturated rings. The first-order chi connectivity index (χ1) is 10.2. The Balaban J connectivity index is 2.03. The molecule has 2 aromatic carbocycles. The minimum absolute atomic E-state index is 0.348. The topological polar surface area (TPSA) is 38.8 Å². The Morgan fingerprint density at radius 2 is 2.00 bits per heavy atom. The van der Waals surface area contributed by atoms with E-state index >= 15 is 0 Å². The fourth-order valence-electron chi connectivity index (χ4n) is 2.35. The van der Waals surface area contributed by atoms with Crippen molar-refractivity contribution in [2.75, 3.05) is 25.2 Å². The molecule has 21 heavy (non-hydrogen) atoms. The number of carbonyl (C=O) groups is 1. The molecular weight excluding hydrogens is 334 g/mol. The Labute approximate surface area is 131 Å². The summed E-state index contributed by atoms with van der Waals surface area (Å²) in [5.41, 5.74) is 2.46. The Hall–Kier alpha value is -2.01. The predicted molar refractivity (Wildman–Crippen MR) is 84.4 cm³/mol. The molecule has 0 saturated carbocycles. The van der Waals surface area contributed by atoms with Crippen LogP contribution in [-0.4, -0.2) is 26.2 Å². The Morgan fingerprint density at radius 3 is 2.71 bits per heavy atom. The van der Waals surface area contributed by atoms with E-state index in [0.717, 1.165) is 28.1 Å². The molecule has 4 nitrogen and oxygen atoms in total. The lowest BCUT2D eigenvalue weighted by molar-refractivity contribution is 0.0600. The van der Waals surface area contributed by atoms with E-state index < -0.39 is 0 Å². The third-order valence-electron chi connectivity index (χ3n) is 3.38. The van der Waals surface area contributed by atoms with Crippen LogP contribution < -0.4 is 9.64 Å². The molecular formula is C16H14BrNO3. The van der Waals surface area contributed by atoms with E-state index in [-0.39, 0.29) is 5.97 Å². The molecule has 3 rings (SSSR count). The second-order valence-corrected chi connectivity index (χ2v) is 5.57. The number of ether oxygens (including phenoxy) is 2. The van der Waals surface area contributed by atoms with E-state index in [0.29, 0.717) is 12.2 Å². The Kier molecular flexibility index (Phi) is 3.84. The molecule has 5 heteroatoms. The fraction of sp³-hybridized carbons (Fsp3) is 0.188. The second kappa shape index (κ2) is 5.77. The van der Waals surface area contributed by atoms with Crippen LogP contribution in [0.1, 0.15) is 10.4 Å². The zero-order chi connectivity index (χ0) is 14.8. The van der Waals surface area contributed by atoms with Gasteiger partial charge in [0.25, 0.3) is 0 Å². The van der Waals surface area contributed by atoms with Gasteiger partial charge in [-0.15, -0.1) is 0 Å². The van der Waals surface area contributed by atoms with Crippen molar-refractivity contribution in [3.8, 4) is 5.75 Å². The molecule has 0 N–H and O–H groups in total. The summed E-state index contributed by atoms with van der Waals surface area (Å²) in [4.78, 5) is 13.8. The first-order valence-electron chi connectivity index (χ1n) is 6.57. The predicted octanol–water partition coefficient (Wildman–Crippen LogP) is 3.77. The first kappa shape index (κ1) is 13.9. The zero-order valence-electron chi connectivity index (χ0n) is 11.5. The quantitative estimate of drug-likeness (QED) is 0.775. The number of rotatable bonds is 2. The molecule has 0 amide bonds. The monoisotopic (exact) mass is 347 g/mol. The molecule has 0 bridgehead atoms. The van der Waals surface area contributed by atoms with Gasteiger partial charge in [0.05, 0.1) is 24.9 Å². The number of halogens is 1. The summed E-state index contributed by atoms with van der Waals surface area (Å²) in [6.45, 7) is 1.35. The fourth-order valence-corrected chi connectivity index (χ4v) is 2.62. The number of methoxy groups -OCH3 is 1. The first-order valence-corrected chi connectivity index (χ1v) is 7.36. The molecule has 0 saturated heterocycles. The number of benzene rings is 2. The highest BCUT2D eigenvalue weighted by atomic mass is 79.9. The molecule has 1 aliphatic heterocycles. The Bertz CT molecular complexity index is 670. The highest BCUT2D eigenvalue weighted by Gasteiger charge is 2.21. The lowest BCUT2D eigenvalue weighted by Gasteiger charge is -2.31. The largest absolute Gasteiger partial charge is 0.490 e. The van der Waals surface area contributed by atoms with Crippen LogP contribution in [-0.2, 0) is 4.74 Å². The highest BCUT2D eigenvalue weighted by Crippen LogP contribution is 2.37. The molecule has 0 aromatic heterocycles. The van der Waals surface area contributed by atoms with Gasteiger partial charge in [0, 0.05) is 10.2 Å². The molecule has 0 radical (unpaired) electrons. The summed E-state index contributed by atoms with van der Waals surface area (Å²) in [6.07, 6.45) is 0. The van der Waals surface area contributed by atoms with E-state index in [9.17, 15) is 4.79 Å². The van der Waals surface area contributed by atoms with Crippen molar-refractivity contribution in [1.29, 1.82) is 0 Å². The van der Waals surface area contributed by atoms with Crippen molar-refractivity contribution >= 4 is 33.3 Å². The van der Waals surface area contributed by atoms with Crippen molar-refractivity contribution in [3.05, 3.63) is 52.5 Å². The van der Waals surface area contributed by atoms with Gasteiger partial charge in [-0.1, -0.05) is 15.9 Å². The van der Waals surface area contributed by atoms with E-state index in [1.54, 1.807) is 6.07 Å². The van der Waals surface area contributed by atoms with Gasteiger partial charge in [-0.3, -0.25) is 0 Å². The van der Waals surface area contributed by atoms with Gasteiger partial charge in [-0.25, -0.2) is 4.79 Å². The lowest BCUT2D eigenvalue weighted by atomic mass is 10.1. The maximum atomic E-state index is 11.7. The lowest BCUT2D eigenvalue weighted by Crippen LogP contribution is -2.28. The van der Waals surface area contributed by atoms with Gasteiger partial charge < -0.3 is 14.4 Å². The minimum Gasteiger partial charge on any atom is -0.490 e. The second-order valence-electron chi connectivity index (χ2n) is 4.65. The molecule has 108 valence electrons. The molecule has 2 aromatic rings. The molecule has 0 spiro atoms. The maximum Gasteiger partial charge on any atom is 0.337 e. The van der Waals surface area contributed by atoms with E-state index in [2.05, 4.69) is 20.8 Å². The zero-order valence-corrected chi connectivity index (χ0v) is 13.1. The maximum absolute atomic E-state index is 11.7. The average molecular weight is 348 g/mol. The summed E-state index contributed by atoms with van der Waals surface area (Å²) >= 11 is 3.44. The number of fused-ring (bicyclic) bond motifs is 1. The van der Waals surface area contributed by atoms with Gasteiger partial charge in [0.1, 0.15) is 12.4 Å². The standard InChI is InChI=1S/C16H14BrNO3/c1-20-16(19)11-2-7-15-14(10-11)18(8-9-21-15)13-5-3-12(17)4-6-13/h2-7,10H,8-9H2,1H3. The van der Waals surface area contributed by atoms with Crippen LogP contribution in [0.4, 0.5) is 11.4 Å². The van der Waals surface area contributed by atoms with Crippen molar-refractivity contribution in [3.63, 3.8) is 0 Å². The van der Waals surface area contributed by atoms with Crippen molar-refractivity contribution in [1.82, 2.24) is 0 Å². The molecule has 1 heterocycles. The number of nitrogens with zero attached hydrogens (tertiary/aromatic N) is 1. The summed E-state index contributed by atoms with van der Waals surface area (Å²) in [6, 6.07) is 13.4. The third kappa shape index (κ3) is 2.74. The van der Waals surface area contributed by atoms with Crippen molar-refractivity contribution in [2.45, 2.75) is 0 Å². The average Bonchev–Trinajstić information content (AvgIpc) is 2.54. The normalized spacial score (nSPS) is 13.3. The van der Waals surface area contributed by atoms with Crippen LogP contribution in [0.3, 0.4) is 0 Å². The van der Waals surface area contributed by atoms with Crippen molar-refractivity contribution in [2.24, 2.45) is 0 Å². The van der Waals surface area contributed by atoms with Gasteiger partial charge in [-0.05, 0) is 42.5 Å². The van der Waals surface area contributed by atoms with E-state index in [1.807, 2.05) is 36.4 Å². The van der Waals surface area contributed by atoms with Crippen LogP contribution in [0.2, 0.25) is 0 Å². The van der Waals surface area contributed by atoms with Crippen LogP contribution in [0.25, 0.3) is 0 Å². The van der Waals surface area contributed by atoms with Gasteiger partial charge >= 0.3 is 5.97 Å². The van der Waals surface area contributed by atoms with Crippen LogP contribution in [0, 0.1) is 0 Å². The van der Waals surface area contributed by atoms with E-state index in [1.165, 1.54) is 7.11 Å². The van der Waals surface area contributed by atoms with Crippen LogP contribution >= 0.6 is 15.9 Å². The smallest absolute Gasteiger partial charge is 0.337 e. The minimum atomic E-state index is -0.348. The van der Waals surface area contributed by atoms with Crippen LogP contribution in [0.5, 0.6) is 5.75 Å². The van der Waals surface area contributed by atoms with Crippen molar-refractivity contribution < 1.29 is 14.3 Å².